The lowest BCUT2D eigenvalue weighted by molar-refractivity contribution is -0.161. The second-order valence-corrected chi connectivity index (χ2v) is 28.4. The Kier molecular flexibility index (Phi) is 74.8. The van der Waals surface area contributed by atoms with Gasteiger partial charge in [0.1, 0.15) is 6.61 Å². The maximum absolute atomic E-state index is 12.8. The highest BCUT2D eigenvalue weighted by Gasteiger charge is 2.26. The van der Waals surface area contributed by atoms with Crippen LogP contribution in [-0.2, 0) is 32.7 Å². The lowest BCUT2D eigenvalue weighted by Crippen LogP contribution is -2.29. The molecule has 0 saturated heterocycles. The summed E-state index contributed by atoms with van der Waals surface area (Å²) in [6.45, 7) is 3.70. The minimum atomic E-state index is -4.40. The lowest BCUT2D eigenvalue weighted by atomic mass is 10.0. The average Bonchev–Trinajstić information content (AvgIpc) is 3.68. The van der Waals surface area contributed by atoms with Crippen molar-refractivity contribution < 1.29 is 37.6 Å². The van der Waals surface area contributed by atoms with Crippen molar-refractivity contribution in [2.75, 3.05) is 26.4 Å². The number of hydrogen-bond acceptors (Lipinski definition) is 8. The maximum atomic E-state index is 12.8. The molecule has 9 nitrogen and oxygen atoms in total. The number of allylic oxidation sites excluding steroid dienone is 10. The highest BCUT2D eigenvalue weighted by molar-refractivity contribution is 7.47. The van der Waals surface area contributed by atoms with Crippen molar-refractivity contribution in [1.82, 2.24) is 0 Å². The van der Waals surface area contributed by atoms with Crippen LogP contribution in [0, 0.1) is 0 Å². The zero-order valence-corrected chi connectivity index (χ0v) is 61.2. The van der Waals surface area contributed by atoms with Gasteiger partial charge in [-0.3, -0.25) is 18.6 Å². The highest BCUT2D eigenvalue weighted by Crippen LogP contribution is 2.43. The highest BCUT2D eigenvalue weighted by atomic mass is 31.2. The van der Waals surface area contributed by atoms with E-state index in [1.54, 1.807) is 0 Å². The molecule has 0 rings (SSSR count). The number of rotatable bonds is 76. The Morgan fingerprint density at radius 2 is 0.604 bits per heavy atom. The SMILES string of the molecule is CC/C=C\C/C=C\C/C=C\C/C=C\CCCCCCCCCCCCCCCCCCC(=O)OC(COC(=O)CCCCCCCCCCCCCCCCCCCCCCCCCCCCCCC/C=C\CCCCCCCCCC)COP(=O)(O)OCCN. The van der Waals surface area contributed by atoms with Gasteiger partial charge in [-0.15, -0.1) is 0 Å². The third-order valence-corrected chi connectivity index (χ3v) is 18.9. The molecule has 0 aliphatic rings. The van der Waals surface area contributed by atoms with E-state index < -0.39 is 26.5 Å². The van der Waals surface area contributed by atoms with Crippen LogP contribution in [-0.4, -0.2) is 49.3 Å². The van der Waals surface area contributed by atoms with Crippen LogP contribution in [0.15, 0.2) is 60.8 Å². The number of phosphoric acid groups is 1. The van der Waals surface area contributed by atoms with Gasteiger partial charge < -0.3 is 20.1 Å². The maximum Gasteiger partial charge on any atom is 0.472 e. The summed E-state index contributed by atoms with van der Waals surface area (Å²) in [6.07, 6.45) is 101. The fourth-order valence-electron chi connectivity index (χ4n) is 12.0. The molecule has 10 heteroatoms. The third kappa shape index (κ3) is 76.6. The molecule has 0 radical (unpaired) electrons. The summed E-state index contributed by atoms with van der Waals surface area (Å²) in [5.74, 6) is -0.807. The summed E-state index contributed by atoms with van der Waals surface area (Å²) in [6, 6.07) is 0. The molecule has 0 heterocycles. The quantitative estimate of drug-likeness (QED) is 0.0264. The Morgan fingerprint density at radius 3 is 0.912 bits per heavy atom. The van der Waals surface area contributed by atoms with Crippen LogP contribution < -0.4 is 5.73 Å². The first-order valence-corrected chi connectivity index (χ1v) is 41.3. The summed E-state index contributed by atoms with van der Waals surface area (Å²) >= 11 is 0. The number of phosphoric ester groups is 1. The molecular weight excluding hydrogens is 1150 g/mol. The van der Waals surface area contributed by atoms with Gasteiger partial charge in [0.2, 0.25) is 0 Å². The lowest BCUT2D eigenvalue weighted by Gasteiger charge is -2.19. The van der Waals surface area contributed by atoms with Gasteiger partial charge >= 0.3 is 19.8 Å². The van der Waals surface area contributed by atoms with Crippen LogP contribution in [0.25, 0.3) is 0 Å². The molecule has 0 saturated carbocycles. The Hall–Kier alpha value is -2.29. The molecule has 0 spiro atoms. The molecule has 91 heavy (non-hydrogen) atoms. The zero-order valence-electron chi connectivity index (χ0n) is 60.3. The molecule has 534 valence electrons. The molecule has 0 amide bonds. The van der Waals surface area contributed by atoms with Crippen LogP contribution in [0.3, 0.4) is 0 Å². The van der Waals surface area contributed by atoms with Crippen LogP contribution in [0.5, 0.6) is 0 Å². The molecule has 3 N–H and O–H groups in total. The monoisotopic (exact) mass is 1300 g/mol. The van der Waals surface area contributed by atoms with E-state index in [1.165, 1.54) is 315 Å². The van der Waals surface area contributed by atoms with E-state index in [0.717, 1.165) is 64.2 Å². The number of carbonyl (C=O) groups is 2. The van der Waals surface area contributed by atoms with E-state index in [-0.39, 0.29) is 38.6 Å². The molecular formula is C81H152NO8P. The standard InChI is InChI=1S/C81H152NO8P/c1-3-5-7-9-11-13-15-17-19-21-23-25-27-29-31-33-34-35-36-37-38-39-40-41-42-43-44-46-47-49-51-53-55-57-59-61-63-65-67-69-71-73-80(83)87-77-79(78-89-91(85,86)88-76-75-82)90-81(84)74-72-70-68-66-64-62-60-58-56-54-52-50-48-45-32-30-28-26-24-22-20-18-16-14-12-10-8-6-4-2/h6,8,12,14,18,20-21,23-24,26,79H,3-5,7,9-11,13,15-17,19,22,25,27-78,82H2,1-2H3,(H,85,86)/b8-6-,14-12-,20-18-,23-21-,26-24-. The van der Waals surface area contributed by atoms with Gasteiger partial charge in [-0.25, -0.2) is 4.57 Å². The third-order valence-electron chi connectivity index (χ3n) is 17.9. The van der Waals surface area contributed by atoms with Gasteiger partial charge in [-0.2, -0.15) is 0 Å². The fourth-order valence-corrected chi connectivity index (χ4v) is 12.8. The summed E-state index contributed by atoms with van der Waals surface area (Å²) in [7, 11) is -4.40. The fraction of sp³-hybridized carbons (Fsp3) is 0.852. The van der Waals surface area contributed by atoms with Crippen LogP contribution in [0.4, 0.5) is 0 Å². The molecule has 0 aliphatic carbocycles. The van der Waals surface area contributed by atoms with Gasteiger partial charge in [0.25, 0.3) is 0 Å². The van der Waals surface area contributed by atoms with E-state index in [4.69, 9.17) is 24.3 Å². The van der Waals surface area contributed by atoms with E-state index in [9.17, 15) is 19.0 Å². The smallest absolute Gasteiger partial charge is 0.462 e. The molecule has 2 atom stereocenters. The van der Waals surface area contributed by atoms with E-state index in [0.29, 0.717) is 6.42 Å². The summed E-state index contributed by atoms with van der Waals surface area (Å²) < 4.78 is 33.3. The minimum Gasteiger partial charge on any atom is -0.462 e. The van der Waals surface area contributed by atoms with Crippen LogP contribution in [0.1, 0.15) is 412 Å². The van der Waals surface area contributed by atoms with Gasteiger partial charge in [0.05, 0.1) is 13.2 Å². The van der Waals surface area contributed by atoms with Crippen LogP contribution in [0.2, 0.25) is 0 Å². The van der Waals surface area contributed by atoms with Gasteiger partial charge in [0.15, 0.2) is 6.10 Å². The van der Waals surface area contributed by atoms with Crippen molar-refractivity contribution in [1.29, 1.82) is 0 Å². The first-order valence-electron chi connectivity index (χ1n) is 39.8. The van der Waals surface area contributed by atoms with E-state index >= 15 is 0 Å². The molecule has 0 bridgehead atoms. The van der Waals surface area contributed by atoms with Gasteiger partial charge in [-0.1, -0.05) is 383 Å². The Labute approximate surface area is 565 Å². The molecule has 0 fully saturated rings. The van der Waals surface area contributed by atoms with Crippen molar-refractivity contribution in [3.63, 3.8) is 0 Å². The second kappa shape index (κ2) is 76.7. The first kappa shape index (κ1) is 88.7. The minimum absolute atomic E-state index is 0.0546. The van der Waals surface area contributed by atoms with Crippen LogP contribution >= 0.6 is 7.82 Å². The predicted molar refractivity (Wildman–Crippen MR) is 395 cm³/mol. The molecule has 0 aromatic rings. The molecule has 0 aromatic carbocycles. The number of esters is 2. The Morgan fingerprint density at radius 1 is 0.341 bits per heavy atom. The number of ether oxygens (including phenoxy) is 2. The molecule has 0 aromatic heterocycles. The van der Waals surface area contributed by atoms with E-state index in [2.05, 4.69) is 74.6 Å². The largest absolute Gasteiger partial charge is 0.472 e. The topological polar surface area (TPSA) is 134 Å². The number of unbranched alkanes of at least 4 members (excludes halogenated alkanes) is 53. The van der Waals surface area contributed by atoms with Gasteiger partial charge in [0, 0.05) is 19.4 Å². The Balaban J connectivity index is 3.73. The van der Waals surface area contributed by atoms with Crippen molar-refractivity contribution in [2.24, 2.45) is 5.73 Å². The zero-order chi connectivity index (χ0) is 65.8. The van der Waals surface area contributed by atoms with Crippen molar-refractivity contribution in [3.05, 3.63) is 60.8 Å². The number of nitrogens with two attached hydrogens (primary N) is 1. The number of hydrogen-bond donors (Lipinski definition) is 2. The first-order chi connectivity index (χ1) is 44.8. The summed E-state index contributed by atoms with van der Waals surface area (Å²) in [5.41, 5.74) is 5.41. The Bertz CT molecular complexity index is 1680. The molecule has 2 unspecified atom stereocenters. The normalized spacial score (nSPS) is 13.1. The van der Waals surface area contributed by atoms with Crippen molar-refractivity contribution in [2.45, 2.75) is 418 Å². The average molecular weight is 1300 g/mol. The summed E-state index contributed by atoms with van der Waals surface area (Å²) in [4.78, 5) is 35.4. The van der Waals surface area contributed by atoms with Gasteiger partial charge in [-0.05, 0) is 77.0 Å². The second-order valence-electron chi connectivity index (χ2n) is 26.9. The molecule has 0 aliphatic heterocycles. The number of carbonyl (C=O) groups excluding carboxylic acids is 2. The van der Waals surface area contributed by atoms with Crippen molar-refractivity contribution in [3.8, 4) is 0 Å². The van der Waals surface area contributed by atoms with Crippen molar-refractivity contribution >= 4 is 19.8 Å². The summed E-state index contributed by atoms with van der Waals surface area (Å²) in [5, 5.41) is 0. The predicted octanol–water partition coefficient (Wildman–Crippen LogP) is 26.5. The van der Waals surface area contributed by atoms with E-state index in [1.807, 2.05) is 0 Å².